The number of nitrogens with two attached hydrogens (primary N) is 1. The van der Waals surface area contributed by atoms with Crippen LogP contribution in [0.5, 0.6) is 0 Å². The number of benzene rings is 1. The SMILES string of the molecule is CCOC(C1CC1)C(Cc1ccc(F)cc1F)NN. The average molecular weight is 270 g/mol. The number of rotatable bonds is 7. The van der Waals surface area contributed by atoms with E-state index < -0.39 is 11.6 Å². The lowest BCUT2D eigenvalue weighted by Gasteiger charge is -2.26. The quantitative estimate of drug-likeness (QED) is 0.589. The fraction of sp³-hybridized carbons (Fsp3) is 0.571. The molecule has 5 heteroatoms. The number of nitrogens with one attached hydrogen (secondary N) is 1. The Hall–Kier alpha value is -1.04. The maximum absolute atomic E-state index is 13.7. The first-order valence-corrected chi connectivity index (χ1v) is 6.67. The lowest BCUT2D eigenvalue weighted by atomic mass is 9.98. The zero-order valence-corrected chi connectivity index (χ0v) is 11.0. The molecule has 0 amide bonds. The van der Waals surface area contributed by atoms with Gasteiger partial charge in [0.25, 0.3) is 0 Å². The van der Waals surface area contributed by atoms with Crippen molar-refractivity contribution in [2.75, 3.05) is 6.61 Å². The molecule has 1 aliphatic rings. The minimum absolute atomic E-state index is 0.0144. The molecule has 1 fully saturated rings. The van der Waals surface area contributed by atoms with Crippen molar-refractivity contribution in [3.05, 3.63) is 35.4 Å². The number of hydrogen-bond donors (Lipinski definition) is 2. The lowest BCUT2D eigenvalue weighted by molar-refractivity contribution is 0.0190. The van der Waals surface area contributed by atoms with Gasteiger partial charge in [-0.05, 0) is 43.7 Å². The van der Waals surface area contributed by atoms with Gasteiger partial charge in [0.2, 0.25) is 0 Å². The average Bonchev–Trinajstić information content (AvgIpc) is 3.20. The van der Waals surface area contributed by atoms with Gasteiger partial charge in [0.15, 0.2) is 0 Å². The van der Waals surface area contributed by atoms with Crippen molar-refractivity contribution < 1.29 is 13.5 Å². The zero-order valence-electron chi connectivity index (χ0n) is 11.0. The first-order valence-electron chi connectivity index (χ1n) is 6.67. The summed E-state index contributed by atoms with van der Waals surface area (Å²) in [7, 11) is 0. The van der Waals surface area contributed by atoms with Crippen LogP contribution >= 0.6 is 0 Å². The van der Waals surface area contributed by atoms with Gasteiger partial charge in [-0.1, -0.05) is 6.07 Å². The molecule has 3 nitrogen and oxygen atoms in total. The van der Waals surface area contributed by atoms with Crippen LogP contribution in [0.1, 0.15) is 25.3 Å². The molecule has 2 unspecified atom stereocenters. The number of halogens is 2. The zero-order chi connectivity index (χ0) is 13.8. The Balaban J connectivity index is 2.08. The summed E-state index contributed by atoms with van der Waals surface area (Å²) in [6.07, 6.45) is 2.62. The Morgan fingerprint density at radius 2 is 2.16 bits per heavy atom. The van der Waals surface area contributed by atoms with Gasteiger partial charge < -0.3 is 4.74 Å². The molecule has 0 aromatic heterocycles. The maximum Gasteiger partial charge on any atom is 0.129 e. The molecule has 3 N–H and O–H groups in total. The second kappa shape index (κ2) is 6.41. The minimum atomic E-state index is -0.568. The molecule has 0 bridgehead atoms. The molecular formula is C14H20F2N2O. The molecule has 0 saturated heterocycles. The van der Waals surface area contributed by atoms with Gasteiger partial charge in [0.05, 0.1) is 12.1 Å². The fourth-order valence-corrected chi connectivity index (χ4v) is 2.39. The first kappa shape index (κ1) is 14.4. The van der Waals surface area contributed by atoms with Crippen LogP contribution in [0.15, 0.2) is 18.2 Å². The highest BCUT2D eigenvalue weighted by atomic mass is 19.1. The molecule has 1 saturated carbocycles. The van der Waals surface area contributed by atoms with Gasteiger partial charge >= 0.3 is 0 Å². The second-order valence-corrected chi connectivity index (χ2v) is 4.97. The normalized spacial score (nSPS) is 18.3. The van der Waals surface area contributed by atoms with E-state index in [1.807, 2.05) is 6.92 Å². The summed E-state index contributed by atoms with van der Waals surface area (Å²) in [5.74, 6) is 4.96. The van der Waals surface area contributed by atoms with Crippen LogP contribution in [0.4, 0.5) is 8.78 Å². The van der Waals surface area contributed by atoms with Gasteiger partial charge in [-0.25, -0.2) is 8.78 Å². The molecule has 0 spiro atoms. The van der Waals surface area contributed by atoms with E-state index in [0.29, 0.717) is 24.5 Å². The number of hydrogen-bond acceptors (Lipinski definition) is 3. The first-order chi connectivity index (χ1) is 9.15. The Bertz CT molecular complexity index is 424. The molecular weight excluding hydrogens is 250 g/mol. The van der Waals surface area contributed by atoms with Crippen LogP contribution in [0.2, 0.25) is 0 Å². The van der Waals surface area contributed by atoms with Crippen LogP contribution in [0, 0.1) is 17.6 Å². The smallest absolute Gasteiger partial charge is 0.129 e. The predicted molar refractivity (Wildman–Crippen MR) is 69.3 cm³/mol. The Labute approximate surface area is 112 Å². The summed E-state index contributed by atoms with van der Waals surface area (Å²) < 4.78 is 32.3. The number of hydrazine groups is 1. The van der Waals surface area contributed by atoms with Crippen LogP contribution in [-0.2, 0) is 11.2 Å². The van der Waals surface area contributed by atoms with E-state index in [1.165, 1.54) is 12.1 Å². The van der Waals surface area contributed by atoms with E-state index in [1.54, 1.807) is 0 Å². The highest BCUT2D eigenvalue weighted by Gasteiger charge is 2.37. The van der Waals surface area contributed by atoms with E-state index >= 15 is 0 Å². The molecule has 0 radical (unpaired) electrons. The van der Waals surface area contributed by atoms with Crippen molar-refractivity contribution in [3.8, 4) is 0 Å². The Kier molecular flexibility index (Phi) is 4.85. The van der Waals surface area contributed by atoms with E-state index in [2.05, 4.69) is 5.43 Å². The van der Waals surface area contributed by atoms with Crippen LogP contribution in [-0.4, -0.2) is 18.8 Å². The predicted octanol–water partition coefficient (Wildman–Crippen LogP) is 2.15. The monoisotopic (exact) mass is 270 g/mol. The van der Waals surface area contributed by atoms with Gasteiger partial charge in [-0.15, -0.1) is 0 Å². The van der Waals surface area contributed by atoms with Crippen molar-refractivity contribution in [3.63, 3.8) is 0 Å². The Morgan fingerprint density at radius 1 is 1.42 bits per heavy atom. The molecule has 0 heterocycles. The summed E-state index contributed by atoms with van der Waals surface area (Å²) in [6, 6.07) is 3.46. The van der Waals surface area contributed by atoms with Crippen LogP contribution < -0.4 is 11.3 Å². The molecule has 1 aromatic carbocycles. The largest absolute Gasteiger partial charge is 0.377 e. The van der Waals surface area contributed by atoms with Crippen molar-refractivity contribution >= 4 is 0 Å². The summed E-state index contributed by atoms with van der Waals surface area (Å²) >= 11 is 0. The van der Waals surface area contributed by atoms with Crippen molar-refractivity contribution in [2.24, 2.45) is 11.8 Å². The molecule has 1 aromatic rings. The third-order valence-electron chi connectivity index (χ3n) is 3.51. The van der Waals surface area contributed by atoms with E-state index in [-0.39, 0.29) is 12.1 Å². The summed E-state index contributed by atoms with van der Waals surface area (Å²) in [4.78, 5) is 0. The molecule has 2 rings (SSSR count). The molecule has 1 aliphatic carbocycles. The minimum Gasteiger partial charge on any atom is -0.377 e. The molecule has 0 aliphatic heterocycles. The standard InChI is InChI=1S/C14H20F2N2O/c1-2-19-14(9-3-4-9)13(18-17)7-10-5-6-11(15)8-12(10)16/h5-6,8-9,13-14,18H,2-4,7,17H2,1H3. The second-order valence-electron chi connectivity index (χ2n) is 4.97. The fourth-order valence-electron chi connectivity index (χ4n) is 2.39. The molecule has 2 atom stereocenters. The van der Waals surface area contributed by atoms with E-state index in [4.69, 9.17) is 10.6 Å². The van der Waals surface area contributed by atoms with Gasteiger partial charge in [-0.3, -0.25) is 11.3 Å². The molecule has 19 heavy (non-hydrogen) atoms. The summed E-state index contributed by atoms with van der Waals surface area (Å²) in [6.45, 7) is 2.53. The summed E-state index contributed by atoms with van der Waals surface area (Å²) in [5, 5.41) is 0. The number of ether oxygens (including phenoxy) is 1. The summed E-state index contributed by atoms with van der Waals surface area (Å²) in [5.41, 5.74) is 3.17. The highest BCUT2D eigenvalue weighted by molar-refractivity contribution is 5.20. The maximum atomic E-state index is 13.7. The van der Waals surface area contributed by atoms with E-state index in [0.717, 1.165) is 18.9 Å². The lowest BCUT2D eigenvalue weighted by Crippen LogP contribution is -2.47. The Morgan fingerprint density at radius 3 is 2.68 bits per heavy atom. The van der Waals surface area contributed by atoms with Gasteiger partial charge in [-0.2, -0.15) is 0 Å². The molecule has 106 valence electrons. The van der Waals surface area contributed by atoms with Gasteiger partial charge in [0.1, 0.15) is 11.6 Å². The van der Waals surface area contributed by atoms with Gasteiger partial charge in [0, 0.05) is 12.7 Å². The third-order valence-corrected chi connectivity index (χ3v) is 3.51. The topological polar surface area (TPSA) is 47.3 Å². The van der Waals surface area contributed by atoms with Crippen molar-refractivity contribution in [1.82, 2.24) is 5.43 Å². The van der Waals surface area contributed by atoms with Crippen LogP contribution in [0.25, 0.3) is 0 Å². The van der Waals surface area contributed by atoms with Crippen molar-refractivity contribution in [1.29, 1.82) is 0 Å². The van der Waals surface area contributed by atoms with Crippen LogP contribution in [0.3, 0.4) is 0 Å². The highest BCUT2D eigenvalue weighted by Crippen LogP contribution is 2.36. The third kappa shape index (κ3) is 3.72. The van der Waals surface area contributed by atoms with Crippen molar-refractivity contribution in [2.45, 2.75) is 38.3 Å². The van der Waals surface area contributed by atoms with E-state index in [9.17, 15) is 8.78 Å².